The van der Waals surface area contributed by atoms with Crippen molar-refractivity contribution in [1.82, 2.24) is 0 Å². The Morgan fingerprint density at radius 1 is 1.47 bits per heavy atom. The normalized spacial score (nSPS) is 13.8. The van der Waals surface area contributed by atoms with Crippen LogP contribution in [0.2, 0.25) is 0 Å². The first kappa shape index (κ1) is 14.4. The van der Waals surface area contributed by atoms with Gasteiger partial charge >= 0.3 is 5.97 Å². The molecule has 1 aromatic carbocycles. The fourth-order valence-corrected chi connectivity index (χ4v) is 1.37. The van der Waals surface area contributed by atoms with Gasteiger partial charge in [-0.1, -0.05) is 28.1 Å². The van der Waals surface area contributed by atoms with Gasteiger partial charge in [0, 0.05) is 10.9 Å². The molecule has 1 atom stereocenters. The minimum absolute atomic E-state index is 0. The number of hydrogen-bond acceptors (Lipinski definition) is 2. The maximum Gasteiger partial charge on any atom is 0.323 e. The summed E-state index contributed by atoms with van der Waals surface area (Å²) in [4.78, 5) is 10.8. The van der Waals surface area contributed by atoms with Crippen LogP contribution in [0.5, 0.6) is 0 Å². The van der Waals surface area contributed by atoms with Gasteiger partial charge in [-0.3, -0.25) is 4.79 Å². The van der Waals surface area contributed by atoms with Gasteiger partial charge in [-0.2, -0.15) is 0 Å². The van der Waals surface area contributed by atoms with Crippen molar-refractivity contribution in [3.63, 3.8) is 0 Å². The van der Waals surface area contributed by atoms with E-state index in [4.69, 9.17) is 10.8 Å². The van der Waals surface area contributed by atoms with E-state index in [0.717, 1.165) is 10.0 Å². The molecule has 15 heavy (non-hydrogen) atoms. The Balaban J connectivity index is 0.00000196. The third kappa shape index (κ3) is 4.20. The van der Waals surface area contributed by atoms with E-state index in [1.807, 2.05) is 24.3 Å². The zero-order valence-corrected chi connectivity index (χ0v) is 10.6. The second-order valence-corrected chi connectivity index (χ2v) is 4.44. The molecule has 0 aliphatic heterocycles. The lowest BCUT2D eigenvalue weighted by molar-refractivity contribution is -0.142. The molecule has 3 N–H and O–H groups in total. The summed E-state index contributed by atoms with van der Waals surface area (Å²) in [6.45, 7) is 1.51. The molecule has 0 spiro atoms. The lowest BCUT2D eigenvalue weighted by Gasteiger charge is -2.18. The molecular formula is C10H13BrClNO2. The van der Waals surface area contributed by atoms with Gasteiger partial charge in [0.15, 0.2) is 0 Å². The van der Waals surface area contributed by atoms with Crippen molar-refractivity contribution >= 4 is 34.3 Å². The Labute approximate surface area is 103 Å². The molecule has 0 aliphatic rings. The van der Waals surface area contributed by atoms with Crippen LogP contribution < -0.4 is 5.73 Å². The summed E-state index contributed by atoms with van der Waals surface area (Å²) in [6, 6.07) is 7.46. The Hall–Kier alpha value is -0.580. The molecular weight excluding hydrogens is 281 g/mol. The Kier molecular flexibility index (Phi) is 5.28. The van der Waals surface area contributed by atoms with Crippen molar-refractivity contribution in [2.24, 2.45) is 5.73 Å². The highest BCUT2D eigenvalue weighted by Crippen LogP contribution is 2.15. The zero-order valence-electron chi connectivity index (χ0n) is 8.24. The van der Waals surface area contributed by atoms with E-state index in [2.05, 4.69) is 15.9 Å². The number of carboxylic acid groups (broad SMARTS) is 1. The molecule has 0 aromatic heterocycles. The molecule has 1 rings (SSSR count). The van der Waals surface area contributed by atoms with Gasteiger partial charge < -0.3 is 10.8 Å². The lowest BCUT2D eigenvalue weighted by Crippen LogP contribution is -2.46. The third-order valence-electron chi connectivity index (χ3n) is 1.97. The predicted octanol–water partition coefficient (Wildman–Crippen LogP) is 2.22. The number of halogens is 2. The van der Waals surface area contributed by atoms with Crippen molar-refractivity contribution in [3.05, 3.63) is 34.3 Å². The largest absolute Gasteiger partial charge is 0.480 e. The monoisotopic (exact) mass is 293 g/mol. The topological polar surface area (TPSA) is 63.3 Å². The van der Waals surface area contributed by atoms with Gasteiger partial charge in [0.05, 0.1) is 0 Å². The zero-order chi connectivity index (χ0) is 10.8. The van der Waals surface area contributed by atoms with Crippen LogP contribution in [-0.4, -0.2) is 16.6 Å². The number of aliphatic carboxylic acids is 1. The van der Waals surface area contributed by atoms with Crippen molar-refractivity contribution in [1.29, 1.82) is 0 Å². The number of benzene rings is 1. The highest BCUT2D eigenvalue weighted by atomic mass is 79.9. The number of carboxylic acids is 1. The first-order valence-electron chi connectivity index (χ1n) is 4.18. The van der Waals surface area contributed by atoms with E-state index in [9.17, 15) is 4.79 Å². The van der Waals surface area contributed by atoms with Crippen LogP contribution in [-0.2, 0) is 11.2 Å². The first-order valence-corrected chi connectivity index (χ1v) is 4.98. The molecule has 0 saturated carbocycles. The average molecular weight is 295 g/mol. The highest BCUT2D eigenvalue weighted by Gasteiger charge is 2.27. The Morgan fingerprint density at radius 3 is 2.33 bits per heavy atom. The summed E-state index contributed by atoms with van der Waals surface area (Å²) in [7, 11) is 0. The number of hydrogen-bond donors (Lipinski definition) is 2. The van der Waals surface area contributed by atoms with E-state index in [1.54, 1.807) is 0 Å². The van der Waals surface area contributed by atoms with E-state index in [0.29, 0.717) is 6.42 Å². The van der Waals surface area contributed by atoms with Gasteiger partial charge in [-0.05, 0) is 24.6 Å². The molecule has 84 valence electrons. The van der Waals surface area contributed by atoms with Crippen molar-refractivity contribution < 1.29 is 9.90 Å². The summed E-state index contributed by atoms with van der Waals surface area (Å²) >= 11 is 3.31. The number of nitrogens with two attached hydrogens (primary N) is 1. The molecule has 0 heterocycles. The maximum atomic E-state index is 10.8. The smallest absolute Gasteiger partial charge is 0.323 e. The lowest BCUT2D eigenvalue weighted by atomic mass is 9.94. The van der Waals surface area contributed by atoms with E-state index in [1.165, 1.54) is 6.92 Å². The van der Waals surface area contributed by atoms with Crippen LogP contribution in [0.1, 0.15) is 12.5 Å². The first-order chi connectivity index (χ1) is 6.42. The molecule has 1 aromatic rings. The van der Waals surface area contributed by atoms with Gasteiger partial charge in [0.25, 0.3) is 0 Å². The predicted molar refractivity (Wildman–Crippen MR) is 65.3 cm³/mol. The highest BCUT2D eigenvalue weighted by molar-refractivity contribution is 9.10. The van der Waals surface area contributed by atoms with Gasteiger partial charge in [-0.25, -0.2) is 0 Å². The second kappa shape index (κ2) is 5.49. The minimum Gasteiger partial charge on any atom is -0.480 e. The minimum atomic E-state index is -1.20. The fraction of sp³-hybridized carbons (Fsp3) is 0.300. The van der Waals surface area contributed by atoms with Crippen LogP contribution in [0.3, 0.4) is 0 Å². The Morgan fingerprint density at radius 2 is 1.93 bits per heavy atom. The van der Waals surface area contributed by atoms with Crippen LogP contribution in [0.25, 0.3) is 0 Å². The van der Waals surface area contributed by atoms with E-state index >= 15 is 0 Å². The third-order valence-corrected chi connectivity index (χ3v) is 2.50. The molecule has 0 aliphatic carbocycles. The second-order valence-electron chi connectivity index (χ2n) is 3.53. The quantitative estimate of drug-likeness (QED) is 0.898. The van der Waals surface area contributed by atoms with Gasteiger partial charge in [-0.15, -0.1) is 12.4 Å². The van der Waals surface area contributed by atoms with Crippen molar-refractivity contribution in [3.8, 4) is 0 Å². The maximum absolute atomic E-state index is 10.8. The van der Waals surface area contributed by atoms with Crippen LogP contribution in [0.4, 0.5) is 0 Å². The van der Waals surface area contributed by atoms with Crippen LogP contribution in [0.15, 0.2) is 28.7 Å². The van der Waals surface area contributed by atoms with Gasteiger partial charge in [0.1, 0.15) is 5.54 Å². The molecule has 0 fully saturated rings. The molecule has 0 saturated heterocycles. The van der Waals surface area contributed by atoms with Gasteiger partial charge in [0.2, 0.25) is 0 Å². The summed E-state index contributed by atoms with van der Waals surface area (Å²) in [6.07, 6.45) is 0.329. The fourth-order valence-electron chi connectivity index (χ4n) is 1.10. The molecule has 3 nitrogen and oxygen atoms in total. The van der Waals surface area contributed by atoms with E-state index < -0.39 is 11.5 Å². The number of rotatable bonds is 3. The summed E-state index contributed by atoms with van der Waals surface area (Å²) in [5, 5.41) is 8.82. The molecule has 1 unspecified atom stereocenters. The summed E-state index contributed by atoms with van der Waals surface area (Å²) in [5.74, 6) is -0.986. The molecule has 0 bridgehead atoms. The summed E-state index contributed by atoms with van der Waals surface area (Å²) < 4.78 is 0.968. The average Bonchev–Trinajstić information content (AvgIpc) is 2.08. The number of carbonyl (C=O) groups is 1. The van der Waals surface area contributed by atoms with Crippen molar-refractivity contribution in [2.45, 2.75) is 18.9 Å². The molecule has 5 heteroatoms. The SMILES string of the molecule is CC(N)(Cc1ccc(Br)cc1)C(=O)O.Cl. The van der Waals surface area contributed by atoms with E-state index in [-0.39, 0.29) is 12.4 Å². The van der Waals surface area contributed by atoms with Crippen molar-refractivity contribution in [2.75, 3.05) is 0 Å². The molecule has 0 amide bonds. The Bertz CT molecular complexity index is 338. The summed E-state index contributed by atoms with van der Waals surface area (Å²) in [5.41, 5.74) is 5.34. The van der Waals surface area contributed by atoms with Crippen LogP contribution in [0, 0.1) is 0 Å². The molecule has 0 radical (unpaired) electrons. The van der Waals surface area contributed by atoms with Crippen LogP contribution >= 0.6 is 28.3 Å². The standard InChI is InChI=1S/C10H12BrNO2.ClH/c1-10(12,9(13)14)6-7-2-4-8(11)5-3-7;/h2-5H,6,12H2,1H3,(H,13,14);1H.